The third-order valence-electron chi connectivity index (χ3n) is 4.71. The summed E-state index contributed by atoms with van der Waals surface area (Å²) in [5.41, 5.74) is 6.21. The average molecular weight is 452 g/mol. The molecule has 31 heavy (non-hydrogen) atoms. The number of amides is 3. The van der Waals surface area contributed by atoms with Crippen LogP contribution in [-0.4, -0.2) is 48.3 Å². The second-order valence-corrected chi connectivity index (χ2v) is 9.20. The van der Waals surface area contributed by atoms with Gasteiger partial charge in [0, 0.05) is 32.1 Å². The third-order valence-corrected chi connectivity index (χ3v) is 5.84. The number of primary amides is 1. The summed E-state index contributed by atoms with van der Waals surface area (Å²) in [7, 11) is 3.07. The van der Waals surface area contributed by atoms with Crippen LogP contribution in [0.25, 0.3) is 0 Å². The smallest absolute Gasteiger partial charge is 0.242 e. The maximum Gasteiger partial charge on any atom is 0.242 e. The molecule has 0 aliphatic rings. The van der Waals surface area contributed by atoms with Crippen molar-refractivity contribution in [1.29, 1.82) is 0 Å². The fourth-order valence-electron chi connectivity index (χ4n) is 3.27. The number of carbonyl (C=O) groups is 4. The zero-order valence-corrected chi connectivity index (χ0v) is 19.6. The number of hydrogen-bond donors (Lipinski definition) is 3. The lowest BCUT2D eigenvalue weighted by molar-refractivity contribution is -0.131. The number of rotatable bonds is 12. The first-order chi connectivity index (χ1) is 14.6. The molecule has 172 valence electrons. The van der Waals surface area contributed by atoms with Crippen molar-refractivity contribution in [3.8, 4) is 5.75 Å². The topological polar surface area (TPSA) is 128 Å². The third kappa shape index (κ3) is 9.42. The molecular weight excluding hydrogens is 418 g/mol. The summed E-state index contributed by atoms with van der Waals surface area (Å²) in [5, 5.41) is 4.60. The van der Waals surface area contributed by atoms with Gasteiger partial charge in [0.2, 0.25) is 17.7 Å². The molecule has 1 aromatic rings. The van der Waals surface area contributed by atoms with Crippen molar-refractivity contribution in [2.45, 2.75) is 51.3 Å². The fraction of sp³-hybridized carbons (Fsp3) is 0.545. The van der Waals surface area contributed by atoms with E-state index in [0.29, 0.717) is 12.2 Å². The van der Waals surface area contributed by atoms with Gasteiger partial charge < -0.3 is 21.1 Å². The quantitative estimate of drug-likeness (QED) is 0.443. The Morgan fingerprint density at radius 2 is 1.71 bits per heavy atom. The molecule has 0 saturated carbocycles. The normalized spacial score (nSPS) is 13.7. The van der Waals surface area contributed by atoms with Crippen LogP contribution in [0.2, 0.25) is 0 Å². The van der Waals surface area contributed by atoms with E-state index in [2.05, 4.69) is 10.6 Å². The highest BCUT2D eigenvalue weighted by Crippen LogP contribution is 2.29. The van der Waals surface area contributed by atoms with Crippen molar-refractivity contribution in [3.63, 3.8) is 0 Å². The Balaban J connectivity index is 3.10. The molecule has 0 fully saturated rings. The van der Waals surface area contributed by atoms with Gasteiger partial charge in [-0.1, -0.05) is 37.7 Å². The minimum atomic E-state index is -0.808. The molecule has 4 N–H and O–H groups in total. The van der Waals surface area contributed by atoms with Crippen LogP contribution in [0.4, 0.5) is 0 Å². The Kier molecular flexibility index (Phi) is 11.1. The Bertz CT molecular complexity index is 751. The van der Waals surface area contributed by atoms with E-state index < -0.39 is 23.1 Å². The van der Waals surface area contributed by atoms with E-state index in [1.165, 1.54) is 14.0 Å². The van der Waals surface area contributed by atoms with Gasteiger partial charge in [0.25, 0.3) is 0 Å². The maximum atomic E-state index is 13.2. The lowest BCUT2D eigenvalue weighted by atomic mass is 9.90. The molecule has 0 radical (unpaired) electrons. The molecule has 0 aliphatic heterocycles. The molecule has 1 rings (SSSR count). The van der Waals surface area contributed by atoms with E-state index in [0.717, 1.165) is 17.3 Å². The van der Waals surface area contributed by atoms with Crippen molar-refractivity contribution >= 4 is 34.6 Å². The van der Waals surface area contributed by atoms with Crippen LogP contribution in [0.15, 0.2) is 24.3 Å². The van der Waals surface area contributed by atoms with Gasteiger partial charge in [0.15, 0.2) is 5.12 Å². The number of methoxy groups -OCH3 is 1. The summed E-state index contributed by atoms with van der Waals surface area (Å²) in [6.45, 7) is 5.29. The van der Waals surface area contributed by atoms with Gasteiger partial charge in [0.05, 0.1) is 13.0 Å². The van der Waals surface area contributed by atoms with E-state index in [-0.39, 0.29) is 35.7 Å². The van der Waals surface area contributed by atoms with Crippen LogP contribution in [0.5, 0.6) is 5.75 Å². The summed E-state index contributed by atoms with van der Waals surface area (Å²) in [6.07, 6.45) is 0.634. The molecule has 3 amide bonds. The minimum Gasteiger partial charge on any atom is -0.497 e. The Hall–Kier alpha value is -2.55. The molecular formula is C22H33N3O5S. The van der Waals surface area contributed by atoms with Gasteiger partial charge >= 0.3 is 0 Å². The second-order valence-electron chi connectivity index (χ2n) is 7.78. The Morgan fingerprint density at radius 3 is 2.16 bits per heavy atom. The van der Waals surface area contributed by atoms with Crippen molar-refractivity contribution in [2.75, 3.05) is 14.2 Å². The number of likely N-dealkylation sites (N-methyl/N-ethyl adjacent to an activating group) is 1. The van der Waals surface area contributed by atoms with Crippen LogP contribution in [0.3, 0.4) is 0 Å². The molecule has 0 heterocycles. The van der Waals surface area contributed by atoms with E-state index in [9.17, 15) is 19.2 Å². The lowest BCUT2D eigenvalue weighted by Crippen LogP contribution is -2.50. The number of carbonyl (C=O) groups excluding carboxylic acids is 4. The van der Waals surface area contributed by atoms with E-state index in [4.69, 9.17) is 10.5 Å². The Morgan fingerprint density at radius 1 is 1.10 bits per heavy atom. The number of benzene rings is 1. The lowest BCUT2D eigenvalue weighted by Gasteiger charge is -2.28. The summed E-state index contributed by atoms with van der Waals surface area (Å²) in [5.74, 6) is -1.12. The highest BCUT2D eigenvalue weighted by atomic mass is 32.2. The summed E-state index contributed by atoms with van der Waals surface area (Å²) in [4.78, 5) is 49.0. The molecule has 8 nitrogen and oxygen atoms in total. The highest BCUT2D eigenvalue weighted by Gasteiger charge is 2.34. The standard InChI is InChI=1S/C22H33N3O5S/c1-13(2)10-17(19(12-20(23)27)31-14(3)26)21(28)25-18(22(29)24-4)11-15-6-8-16(30-5)9-7-15/h6-9,13,17-19H,10-12H2,1-5H3,(H2,23,27)(H,24,29)(H,25,28)/t17-,18+,19+/m1/s1. The monoisotopic (exact) mass is 451 g/mol. The van der Waals surface area contributed by atoms with Gasteiger partial charge in [-0.2, -0.15) is 0 Å². The molecule has 0 unspecified atom stereocenters. The highest BCUT2D eigenvalue weighted by molar-refractivity contribution is 8.14. The van der Waals surface area contributed by atoms with Crippen molar-refractivity contribution in [1.82, 2.24) is 10.6 Å². The largest absolute Gasteiger partial charge is 0.497 e. The molecule has 9 heteroatoms. The average Bonchev–Trinajstić information content (AvgIpc) is 2.70. The molecule has 0 aliphatic carbocycles. The number of hydrogen-bond acceptors (Lipinski definition) is 6. The van der Waals surface area contributed by atoms with Gasteiger partial charge in [-0.15, -0.1) is 0 Å². The van der Waals surface area contributed by atoms with Crippen LogP contribution >= 0.6 is 11.8 Å². The van der Waals surface area contributed by atoms with Crippen LogP contribution < -0.4 is 21.1 Å². The van der Waals surface area contributed by atoms with Gasteiger partial charge in [-0.05, 0) is 30.0 Å². The molecule has 0 spiro atoms. The first-order valence-corrected chi connectivity index (χ1v) is 11.1. The van der Waals surface area contributed by atoms with Gasteiger partial charge in [-0.3, -0.25) is 19.2 Å². The predicted molar refractivity (Wildman–Crippen MR) is 122 cm³/mol. The number of nitrogens with two attached hydrogens (primary N) is 1. The van der Waals surface area contributed by atoms with E-state index >= 15 is 0 Å². The first kappa shape index (κ1) is 26.5. The SMILES string of the molecule is CNC(=O)[C@H](Cc1ccc(OC)cc1)NC(=O)[C@H](CC(C)C)[C@H](CC(N)=O)SC(C)=O. The summed E-state index contributed by atoms with van der Waals surface area (Å²) in [6, 6.07) is 6.41. The van der Waals surface area contributed by atoms with Crippen LogP contribution in [-0.2, 0) is 25.6 Å². The molecule has 0 saturated heterocycles. The predicted octanol–water partition coefficient (Wildman–Crippen LogP) is 1.65. The molecule has 0 aromatic heterocycles. The summed E-state index contributed by atoms with van der Waals surface area (Å²) < 4.78 is 5.15. The number of nitrogens with one attached hydrogen (secondary N) is 2. The van der Waals surface area contributed by atoms with Crippen molar-refractivity contribution < 1.29 is 23.9 Å². The summed E-state index contributed by atoms with van der Waals surface area (Å²) >= 11 is 0.941. The zero-order chi connectivity index (χ0) is 23.6. The van der Waals surface area contributed by atoms with Gasteiger partial charge in [0.1, 0.15) is 11.8 Å². The van der Waals surface area contributed by atoms with E-state index in [1.807, 2.05) is 26.0 Å². The molecule has 0 bridgehead atoms. The van der Waals surface area contributed by atoms with E-state index in [1.54, 1.807) is 19.2 Å². The van der Waals surface area contributed by atoms with Crippen LogP contribution in [0.1, 0.15) is 39.2 Å². The maximum absolute atomic E-state index is 13.2. The van der Waals surface area contributed by atoms with Gasteiger partial charge in [-0.25, -0.2) is 0 Å². The second kappa shape index (κ2) is 13.0. The minimum absolute atomic E-state index is 0.0990. The number of ether oxygens (including phenoxy) is 1. The zero-order valence-electron chi connectivity index (χ0n) is 18.8. The van der Waals surface area contributed by atoms with Crippen molar-refractivity contribution in [2.24, 2.45) is 17.6 Å². The number of thioether (sulfide) groups is 1. The van der Waals surface area contributed by atoms with Crippen LogP contribution in [0, 0.1) is 11.8 Å². The molecule has 3 atom stereocenters. The van der Waals surface area contributed by atoms with Crippen molar-refractivity contribution in [3.05, 3.63) is 29.8 Å². The Labute approximate surface area is 188 Å². The first-order valence-electron chi connectivity index (χ1n) is 10.2. The molecule has 1 aromatic carbocycles. The fourth-order valence-corrected chi connectivity index (χ4v) is 4.35.